The SMILES string of the molecule is Cc1nc(SC(C)C(=O)NC(=O)NC2CC2)n(C2CCCC2)c1C. The van der Waals surface area contributed by atoms with E-state index in [0.29, 0.717) is 6.04 Å². The number of nitrogens with zero attached hydrogens (tertiary/aromatic N) is 2. The summed E-state index contributed by atoms with van der Waals surface area (Å²) >= 11 is 1.44. The van der Waals surface area contributed by atoms with Crippen LogP contribution in [-0.2, 0) is 4.79 Å². The third-order valence-electron chi connectivity index (χ3n) is 4.84. The van der Waals surface area contributed by atoms with Gasteiger partial charge in [-0.25, -0.2) is 9.78 Å². The predicted molar refractivity (Wildman–Crippen MR) is 94.2 cm³/mol. The molecule has 3 rings (SSSR count). The van der Waals surface area contributed by atoms with E-state index in [2.05, 4.69) is 27.1 Å². The van der Waals surface area contributed by atoms with Gasteiger partial charge >= 0.3 is 6.03 Å². The molecule has 1 unspecified atom stereocenters. The molecule has 0 radical (unpaired) electrons. The molecule has 7 heteroatoms. The topological polar surface area (TPSA) is 76.0 Å². The smallest absolute Gasteiger partial charge is 0.321 e. The number of imidazole rings is 1. The van der Waals surface area contributed by atoms with Gasteiger partial charge in [0.05, 0.1) is 10.9 Å². The van der Waals surface area contributed by atoms with Gasteiger partial charge in [-0.05, 0) is 46.5 Å². The second-order valence-electron chi connectivity index (χ2n) is 6.87. The number of hydrogen-bond acceptors (Lipinski definition) is 4. The van der Waals surface area contributed by atoms with Gasteiger partial charge in [0.25, 0.3) is 0 Å². The molecule has 132 valence electrons. The van der Waals surface area contributed by atoms with E-state index in [1.54, 1.807) is 0 Å². The first-order valence-electron chi connectivity index (χ1n) is 8.79. The monoisotopic (exact) mass is 350 g/mol. The molecule has 1 atom stereocenters. The lowest BCUT2D eigenvalue weighted by Gasteiger charge is -2.18. The lowest BCUT2D eigenvalue weighted by molar-refractivity contribution is -0.119. The van der Waals surface area contributed by atoms with Gasteiger partial charge in [-0.3, -0.25) is 10.1 Å². The number of amides is 3. The fourth-order valence-electron chi connectivity index (χ4n) is 3.15. The van der Waals surface area contributed by atoms with E-state index in [1.807, 2.05) is 13.8 Å². The Balaban J connectivity index is 1.64. The average Bonchev–Trinajstić information content (AvgIpc) is 3.07. The van der Waals surface area contributed by atoms with Crippen molar-refractivity contribution in [3.63, 3.8) is 0 Å². The van der Waals surface area contributed by atoms with Crippen LogP contribution in [0.15, 0.2) is 5.16 Å². The van der Waals surface area contributed by atoms with Crippen LogP contribution >= 0.6 is 11.8 Å². The van der Waals surface area contributed by atoms with Gasteiger partial charge in [0.15, 0.2) is 5.16 Å². The summed E-state index contributed by atoms with van der Waals surface area (Å²) in [5, 5.41) is 5.73. The molecule has 2 fully saturated rings. The molecule has 2 N–H and O–H groups in total. The largest absolute Gasteiger partial charge is 0.335 e. The van der Waals surface area contributed by atoms with Crippen molar-refractivity contribution in [1.82, 2.24) is 20.2 Å². The Morgan fingerprint density at radius 3 is 2.50 bits per heavy atom. The minimum Gasteiger partial charge on any atom is -0.335 e. The van der Waals surface area contributed by atoms with Crippen LogP contribution in [0.4, 0.5) is 4.79 Å². The highest BCUT2D eigenvalue weighted by atomic mass is 32.2. The van der Waals surface area contributed by atoms with Crippen LogP contribution < -0.4 is 10.6 Å². The molecule has 0 saturated heterocycles. The molecule has 0 bridgehead atoms. The summed E-state index contributed by atoms with van der Waals surface area (Å²) in [6.07, 6.45) is 6.86. The number of carbonyl (C=O) groups excluding carboxylic acids is 2. The zero-order valence-corrected chi connectivity index (χ0v) is 15.4. The summed E-state index contributed by atoms with van der Waals surface area (Å²) in [6, 6.07) is 0.343. The molecule has 6 nitrogen and oxygen atoms in total. The van der Waals surface area contributed by atoms with Gasteiger partial charge < -0.3 is 9.88 Å². The van der Waals surface area contributed by atoms with E-state index in [4.69, 9.17) is 0 Å². The summed E-state index contributed by atoms with van der Waals surface area (Å²) in [7, 11) is 0. The number of aryl methyl sites for hydroxylation is 1. The highest BCUT2D eigenvalue weighted by Crippen LogP contribution is 2.36. The molecule has 1 heterocycles. The Morgan fingerprint density at radius 2 is 1.88 bits per heavy atom. The highest BCUT2D eigenvalue weighted by molar-refractivity contribution is 8.00. The van der Waals surface area contributed by atoms with Crippen molar-refractivity contribution in [2.24, 2.45) is 0 Å². The van der Waals surface area contributed by atoms with Gasteiger partial charge in [-0.2, -0.15) is 0 Å². The molecule has 0 spiro atoms. The van der Waals surface area contributed by atoms with Crippen LogP contribution in [0.5, 0.6) is 0 Å². The van der Waals surface area contributed by atoms with Crippen LogP contribution in [0.2, 0.25) is 0 Å². The third-order valence-corrected chi connectivity index (χ3v) is 5.91. The van der Waals surface area contributed by atoms with Crippen molar-refractivity contribution in [2.75, 3.05) is 0 Å². The second-order valence-corrected chi connectivity index (χ2v) is 8.18. The molecule has 2 aliphatic carbocycles. The summed E-state index contributed by atoms with van der Waals surface area (Å²) in [5.41, 5.74) is 2.20. The molecule has 24 heavy (non-hydrogen) atoms. The van der Waals surface area contributed by atoms with E-state index in [9.17, 15) is 9.59 Å². The van der Waals surface area contributed by atoms with Crippen LogP contribution in [0, 0.1) is 13.8 Å². The van der Waals surface area contributed by atoms with Crippen LogP contribution in [-0.4, -0.2) is 32.8 Å². The summed E-state index contributed by atoms with van der Waals surface area (Å²) in [5.74, 6) is -0.269. The number of aromatic nitrogens is 2. The van der Waals surface area contributed by atoms with Crippen molar-refractivity contribution in [3.05, 3.63) is 11.4 Å². The minimum atomic E-state index is -0.388. The van der Waals surface area contributed by atoms with Gasteiger partial charge in [-0.15, -0.1) is 0 Å². The lowest BCUT2D eigenvalue weighted by Crippen LogP contribution is -2.43. The quantitative estimate of drug-likeness (QED) is 0.800. The number of nitrogens with one attached hydrogen (secondary N) is 2. The second kappa shape index (κ2) is 7.17. The van der Waals surface area contributed by atoms with E-state index in [-0.39, 0.29) is 23.2 Å². The zero-order valence-electron chi connectivity index (χ0n) is 14.6. The van der Waals surface area contributed by atoms with E-state index in [1.165, 1.54) is 43.1 Å². The number of carbonyl (C=O) groups is 2. The lowest BCUT2D eigenvalue weighted by atomic mass is 10.2. The highest BCUT2D eigenvalue weighted by Gasteiger charge is 2.28. The van der Waals surface area contributed by atoms with Gasteiger partial charge in [-0.1, -0.05) is 24.6 Å². The van der Waals surface area contributed by atoms with Gasteiger partial charge in [0.1, 0.15) is 0 Å². The average molecular weight is 350 g/mol. The van der Waals surface area contributed by atoms with Crippen molar-refractivity contribution in [1.29, 1.82) is 0 Å². The molecule has 1 aromatic rings. The number of rotatable bonds is 5. The molecule has 0 aromatic carbocycles. The van der Waals surface area contributed by atoms with Crippen LogP contribution in [0.25, 0.3) is 0 Å². The van der Waals surface area contributed by atoms with Crippen molar-refractivity contribution >= 4 is 23.7 Å². The Labute approximate surface area is 147 Å². The standard InChI is InChI=1S/C17H26N4O2S/c1-10-11(2)21(14-6-4-5-7-14)17(18-10)24-12(3)15(22)20-16(23)19-13-8-9-13/h12-14H,4-9H2,1-3H3,(H2,19,20,22,23). The predicted octanol–water partition coefficient (Wildman–Crippen LogP) is 3.08. The first-order chi connectivity index (χ1) is 11.5. The molecule has 2 saturated carbocycles. The number of urea groups is 1. The van der Waals surface area contributed by atoms with Crippen molar-refractivity contribution in [3.8, 4) is 0 Å². The maximum absolute atomic E-state index is 12.3. The first-order valence-corrected chi connectivity index (χ1v) is 9.67. The first kappa shape index (κ1) is 17.3. The Morgan fingerprint density at radius 1 is 1.21 bits per heavy atom. The molecule has 1 aromatic heterocycles. The van der Waals surface area contributed by atoms with Crippen molar-refractivity contribution < 1.29 is 9.59 Å². The Bertz CT molecular complexity index is 633. The normalized spacial score (nSPS) is 19.3. The minimum absolute atomic E-state index is 0.243. The van der Waals surface area contributed by atoms with E-state index < -0.39 is 0 Å². The van der Waals surface area contributed by atoms with E-state index >= 15 is 0 Å². The molecular weight excluding hydrogens is 324 g/mol. The van der Waals surface area contributed by atoms with Gasteiger partial charge in [0.2, 0.25) is 5.91 Å². The van der Waals surface area contributed by atoms with Crippen LogP contribution in [0.1, 0.15) is 62.9 Å². The van der Waals surface area contributed by atoms with Gasteiger partial charge in [0, 0.05) is 17.8 Å². The number of imide groups is 1. The summed E-state index contributed by atoms with van der Waals surface area (Å²) in [4.78, 5) is 28.6. The maximum atomic E-state index is 12.3. The number of hydrogen-bond donors (Lipinski definition) is 2. The molecule has 2 aliphatic rings. The zero-order chi connectivity index (χ0) is 17.3. The Kier molecular flexibility index (Phi) is 5.18. The fourth-order valence-corrected chi connectivity index (χ4v) is 4.22. The summed E-state index contributed by atoms with van der Waals surface area (Å²) < 4.78 is 2.29. The van der Waals surface area contributed by atoms with Crippen molar-refractivity contribution in [2.45, 2.75) is 81.8 Å². The molecule has 3 amide bonds. The fraction of sp³-hybridized carbons (Fsp3) is 0.706. The molecular formula is C17H26N4O2S. The Hall–Kier alpha value is -1.50. The van der Waals surface area contributed by atoms with E-state index in [0.717, 1.165) is 23.7 Å². The number of thioether (sulfide) groups is 1. The summed E-state index contributed by atoms with van der Waals surface area (Å²) in [6.45, 7) is 5.93. The maximum Gasteiger partial charge on any atom is 0.321 e. The van der Waals surface area contributed by atoms with Crippen LogP contribution in [0.3, 0.4) is 0 Å². The molecule has 0 aliphatic heterocycles. The third kappa shape index (κ3) is 3.94.